The van der Waals surface area contributed by atoms with Crippen molar-refractivity contribution in [2.45, 2.75) is 26.4 Å². The number of carbonyl (C=O) groups excluding carboxylic acids is 2. The van der Waals surface area contributed by atoms with E-state index in [0.717, 1.165) is 37.0 Å². The molecule has 0 aliphatic carbocycles. The fraction of sp³-hybridized carbons (Fsp3) is 0.417. The van der Waals surface area contributed by atoms with E-state index in [1.54, 1.807) is 16.7 Å². The van der Waals surface area contributed by atoms with E-state index in [-0.39, 0.29) is 18.4 Å². The van der Waals surface area contributed by atoms with Gasteiger partial charge in [-0.2, -0.15) is 0 Å². The van der Waals surface area contributed by atoms with Gasteiger partial charge in [0.25, 0.3) is 0 Å². The Balaban J connectivity index is 1.88. The molecular weight excluding hydrogens is 440 g/mol. The molecular formula is C24H32N4O4S. The molecule has 33 heavy (non-hydrogen) atoms. The average molecular weight is 473 g/mol. The lowest BCUT2D eigenvalue weighted by Gasteiger charge is -2.28. The maximum absolute atomic E-state index is 13.0. The molecule has 0 spiro atoms. The topological polar surface area (TPSA) is 90.0 Å². The Labute approximate surface area is 196 Å². The van der Waals surface area contributed by atoms with E-state index in [4.69, 9.17) is 0 Å². The summed E-state index contributed by atoms with van der Waals surface area (Å²) in [5.41, 5.74) is 2.82. The number of fused-ring (bicyclic) bond motifs is 1. The molecule has 0 radical (unpaired) electrons. The van der Waals surface area contributed by atoms with Crippen LogP contribution in [0.4, 0.5) is 5.69 Å². The van der Waals surface area contributed by atoms with E-state index in [9.17, 15) is 18.0 Å². The number of hydrogen-bond acceptors (Lipinski definition) is 5. The summed E-state index contributed by atoms with van der Waals surface area (Å²) in [6.45, 7) is 4.73. The molecule has 2 aromatic rings. The summed E-state index contributed by atoms with van der Waals surface area (Å²) >= 11 is 0. The summed E-state index contributed by atoms with van der Waals surface area (Å²) in [5, 5.41) is 0. The minimum Gasteiger partial charge on any atom is -0.336 e. The molecule has 0 aromatic heterocycles. The summed E-state index contributed by atoms with van der Waals surface area (Å²) in [7, 11) is -3.49. The van der Waals surface area contributed by atoms with Crippen LogP contribution in [0.2, 0.25) is 0 Å². The average Bonchev–Trinajstić information content (AvgIpc) is 2.81. The van der Waals surface area contributed by atoms with Crippen LogP contribution in [0.5, 0.6) is 0 Å². The maximum atomic E-state index is 13.0. The van der Waals surface area contributed by atoms with Gasteiger partial charge in [0.1, 0.15) is 0 Å². The van der Waals surface area contributed by atoms with Crippen molar-refractivity contribution in [1.29, 1.82) is 0 Å². The van der Waals surface area contributed by atoms with Crippen LogP contribution in [0.25, 0.3) is 0 Å². The minimum atomic E-state index is -3.49. The second-order valence-corrected chi connectivity index (χ2v) is 10.2. The van der Waals surface area contributed by atoms with E-state index < -0.39 is 10.0 Å². The molecule has 1 aliphatic heterocycles. The highest BCUT2D eigenvalue weighted by atomic mass is 32.2. The van der Waals surface area contributed by atoms with Gasteiger partial charge in [0.2, 0.25) is 21.8 Å². The quantitative estimate of drug-likeness (QED) is 0.717. The highest BCUT2D eigenvalue weighted by Crippen LogP contribution is 2.24. The zero-order chi connectivity index (χ0) is 23.8. The van der Waals surface area contributed by atoms with E-state index >= 15 is 0 Å². The van der Waals surface area contributed by atoms with Crippen LogP contribution >= 0.6 is 0 Å². The summed E-state index contributed by atoms with van der Waals surface area (Å²) in [6, 6.07) is 17.7. The van der Waals surface area contributed by atoms with E-state index in [1.165, 1.54) is 5.56 Å². The second kappa shape index (κ2) is 11.4. The van der Waals surface area contributed by atoms with Crippen molar-refractivity contribution in [3.63, 3.8) is 0 Å². The van der Waals surface area contributed by atoms with E-state index in [0.29, 0.717) is 26.2 Å². The molecule has 0 bridgehead atoms. The van der Waals surface area contributed by atoms with Gasteiger partial charge < -0.3 is 9.80 Å². The van der Waals surface area contributed by atoms with Crippen LogP contribution in [-0.2, 0) is 32.7 Å². The lowest BCUT2D eigenvalue weighted by molar-refractivity contribution is -0.130. The van der Waals surface area contributed by atoms with Gasteiger partial charge in [0.15, 0.2) is 0 Å². The predicted molar refractivity (Wildman–Crippen MR) is 129 cm³/mol. The van der Waals surface area contributed by atoms with Crippen molar-refractivity contribution >= 4 is 27.5 Å². The first-order chi connectivity index (χ1) is 15.7. The number of nitrogens with one attached hydrogen (secondary N) is 1. The molecule has 8 nitrogen and oxygen atoms in total. The molecule has 2 amide bonds. The standard InChI is InChI=1S/C24H32N4O4S/c1-20(29)28-14-8-13-26(18-21-9-4-3-5-10-21)15-16-27(24(30)17-25-33(2,31)32)19-22-11-6-7-12-23(22)28/h3-7,9-12,25H,8,13-19H2,1-2H3. The third-order valence-electron chi connectivity index (χ3n) is 5.65. The van der Waals surface area contributed by atoms with Gasteiger partial charge in [-0.3, -0.25) is 14.5 Å². The van der Waals surface area contributed by atoms with E-state index in [2.05, 4.69) is 21.8 Å². The fourth-order valence-corrected chi connectivity index (χ4v) is 4.37. The summed E-state index contributed by atoms with van der Waals surface area (Å²) in [4.78, 5) is 31.2. The normalized spacial score (nSPS) is 16.1. The number of nitrogens with zero attached hydrogens (tertiary/aromatic N) is 3. The number of amides is 2. The predicted octanol–water partition coefficient (Wildman–Crippen LogP) is 1.82. The molecule has 0 saturated carbocycles. The molecule has 1 aliphatic rings. The van der Waals surface area contributed by atoms with Crippen LogP contribution in [0.1, 0.15) is 24.5 Å². The molecule has 1 N–H and O–H groups in total. The Morgan fingerprint density at radius 3 is 2.33 bits per heavy atom. The molecule has 0 fully saturated rings. The van der Waals surface area contributed by atoms with Crippen molar-refractivity contribution in [2.24, 2.45) is 0 Å². The van der Waals surface area contributed by atoms with Crippen molar-refractivity contribution in [3.05, 3.63) is 65.7 Å². The highest BCUT2D eigenvalue weighted by molar-refractivity contribution is 7.88. The molecule has 0 saturated heterocycles. The first-order valence-corrected chi connectivity index (χ1v) is 13.0. The number of carbonyl (C=O) groups is 2. The van der Waals surface area contributed by atoms with Crippen LogP contribution in [-0.4, -0.2) is 69.0 Å². The Bertz CT molecular complexity index is 1060. The Hall–Kier alpha value is -2.75. The molecule has 0 atom stereocenters. The Morgan fingerprint density at radius 1 is 0.939 bits per heavy atom. The van der Waals surface area contributed by atoms with Gasteiger partial charge in [-0.25, -0.2) is 13.1 Å². The first-order valence-electron chi connectivity index (χ1n) is 11.1. The zero-order valence-electron chi connectivity index (χ0n) is 19.2. The molecule has 2 aromatic carbocycles. The number of anilines is 1. The van der Waals surface area contributed by atoms with Crippen LogP contribution in [0.3, 0.4) is 0 Å². The largest absolute Gasteiger partial charge is 0.336 e. The molecule has 178 valence electrons. The third kappa shape index (κ3) is 7.66. The van der Waals surface area contributed by atoms with Gasteiger partial charge >= 0.3 is 0 Å². The fourth-order valence-electron chi connectivity index (χ4n) is 3.98. The van der Waals surface area contributed by atoms with Crippen molar-refractivity contribution in [3.8, 4) is 0 Å². The maximum Gasteiger partial charge on any atom is 0.237 e. The molecule has 3 rings (SSSR count). The number of para-hydroxylation sites is 1. The van der Waals surface area contributed by atoms with Crippen LogP contribution in [0, 0.1) is 0 Å². The lowest BCUT2D eigenvalue weighted by Crippen LogP contribution is -2.43. The first kappa shape index (κ1) is 24.9. The van der Waals surface area contributed by atoms with Gasteiger partial charge in [-0.05, 0) is 23.6 Å². The van der Waals surface area contributed by atoms with Crippen molar-refractivity contribution < 1.29 is 18.0 Å². The number of sulfonamides is 1. The van der Waals surface area contributed by atoms with Crippen LogP contribution < -0.4 is 9.62 Å². The van der Waals surface area contributed by atoms with Gasteiger partial charge in [-0.15, -0.1) is 0 Å². The monoisotopic (exact) mass is 472 g/mol. The van der Waals surface area contributed by atoms with Crippen LogP contribution in [0.15, 0.2) is 54.6 Å². The molecule has 0 unspecified atom stereocenters. The van der Waals surface area contributed by atoms with Crippen molar-refractivity contribution in [2.75, 3.05) is 43.9 Å². The number of hydrogen-bond donors (Lipinski definition) is 1. The molecule has 9 heteroatoms. The minimum absolute atomic E-state index is 0.0482. The summed E-state index contributed by atoms with van der Waals surface area (Å²) < 4.78 is 25.3. The van der Waals surface area contributed by atoms with Gasteiger partial charge in [0.05, 0.1) is 12.8 Å². The van der Waals surface area contributed by atoms with Crippen molar-refractivity contribution in [1.82, 2.24) is 14.5 Å². The molecule has 1 heterocycles. The Morgan fingerprint density at radius 2 is 1.64 bits per heavy atom. The van der Waals surface area contributed by atoms with Gasteiger partial charge in [-0.1, -0.05) is 48.5 Å². The third-order valence-corrected chi connectivity index (χ3v) is 6.32. The van der Waals surface area contributed by atoms with E-state index in [1.807, 2.05) is 42.5 Å². The SMILES string of the molecule is CC(=O)N1CCCN(Cc2ccccc2)CCN(C(=O)CNS(C)(=O)=O)Cc2ccccc21. The zero-order valence-corrected chi connectivity index (χ0v) is 20.1. The smallest absolute Gasteiger partial charge is 0.237 e. The Kier molecular flexibility index (Phi) is 8.60. The summed E-state index contributed by atoms with van der Waals surface area (Å²) in [5.74, 6) is -0.351. The summed E-state index contributed by atoms with van der Waals surface area (Å²) in [6.07, 6.45) is 1.83. The number of rotatable bonds is 5. The second-order valence-electron chi connectivity index (χ2n) is 8.32. The lowest BCUT2D eigenvalue weighted by atomic mass is 10.1. The number of benzene rings is 2. The van der Waals surface area contributed by atoms with Gasteiger partial charge in [0, 0.05) is 51.9 Å². The highest BCUT2D eigenvalue weighted by Gasteiger charge is 2.22.